The van der Waals surface area contributed by atoms with Gasteiger partial charge in [-0.25, -0.2) is 0 Å². The van der Waals surface area contributed by atoms with Crippen molar-refractivity contribution in [2.24, 2.45) is 5.92 Å². The molecule has 4 heteroatoms. The van der Waals surface area contributed by atoms with E-state index >= 15 is 0 Å². The fourth-order valence-electron chi connectivity index (χ4n) is 2.55. The van der Waals surface area contributed by atoms with Crippen molar-refractivity contribution >= 4 is 0 Å². The van der Waals surface area contributed by atoms with E-state index in [0.29, 0.717) is 19.0 Å². The summed E-state index contributed by atoms with van der Waals surface area (Å²) in [6, 6.07) is 9.49. The maximum absolute atomic E-state index is 9.97. The first-order chi connectivity index (χ1) is 9.19. The zero-order valence-electron chi connectivity index (χ0n) is 11.4. The van der Waals surface area contributed by atoms with Crippen LogP contribution in [0.2, 0.25) is 0 Å². The van der Waals surface area contributed by atoms with Gasteiger partial charge in [0.2, 0.25) is 0 Å². The normalized spacial score (nSPS) is 25.4. The van der Waals surface area contributed by atoms with E-state index in [4.69, 9.17) is 4.74 Å². The number of hydrogen-bond donors (Lipinski definition) is 2. The molecule has 19 heavy (non-hydrogen) atoms. The molecule has 0 aliphatic carbocycles. The van der Waals surface area contributed by atoms with Gasteiger partial charge in [0.15, 0.2) is 0 Å². The third kappa shape index (κ3) is 4.20. The van der Waals surface area contributed by atoms with Crippen LogP contribution in [0.5, 0.6) is 5.75 Å². The quantitative estimate of drug-likeness (QED) is 0.809. The predicted molar refractivity (Wildman–Crippen MR) is 74.2 cm³/mol. The zero-order valence-corrected chi connectivity index (χ0v) is 11.4. The number of benzene rings is 1. The van der Waals surface area contributed by atoms with Gasteiger partial charge >= 0.3 is 0 Å². The van der Waals surface area contributed by atoms with Gasteiger partial charge in [-0.15, -0.1) is 0 Å². The minimum Gasteiger partial charge on any atom is -0.491 e. The summed E-state index contributed by atoms with van der Waals surface area (Å²) in [6.45, 7) is 4.45. The number of β-amino-alcohol motifs (C(OH)–C–C–N with tert-alkyl or cyclic N) is 2. The van der Waals surface area contributed by atoms with Crippen LogP contribution in [-0.2, 0) is 0 Å². The molecule has 4 nitrogen and oxygen atoms in total. The second kappa shape index (κ2) is 6.89. The van der Waals surface area contributed by atoms with Crippen molar-refractivity contribution in [2.45, 2.75) is 25.6 Å². The topological polar surface area (TPSA) is 52.9 Å². The molecule has 106 valence electrons. The van der Waals surface area contributed by atoms with Crippen molar-refractivity contribution in [3.63, 3.8) is 0 Å². The molecular formula is C15H23NO3. The van der Waals surface area contributed by atoms with E-state index in [-0.39, 0.29) is 12.7 Å². The molecule has 2 N–H and O–H groups in total. The van der Waals surface area contributed by atoms with Gasteiger partial charge in [0, 0.05) is 19.6 Å². The molecule has 0 amide bonds. The minimum absolute atomic E-state index is 0.257. The summed E-state index contributed by atoms with van der Waals surface area (Å²) in [7, 11) is 0. The molecule has 0 aromatic heterocycles. The Kier molecular flexibility index (Phi) is 5.19. The average Bonchev–Trinajstić information content (AvgIpc) is 2.77. The highest BCUT2D eigenvalue weighted by Crippen LogP contribution is 2.20. The molecule has 0 spiro atoms. The Balaban J connectivity index is 1.72. The molecule has 0 unspecified atom stereocenters. The Hall–Kier alpha value is -1.10. The van der Waals surface area contributed by atoms with Crippen LogP contribution >= 0.6 is 0 Å². The lowest BCUT2D eigenvalue weighted by molar-refractivity contribution is 0.0707. The molecule has 1 aromatic rings. The van der Waals surface area contributed by atoms with Crippen LogP contribution in [0.3, 0.4) is 0 Å². The lowest BCUT2D eigenvalue weighted by atomic mass is 10.0. The third-order valence-corrected chi connectivity index (χ3v) is 3.66. The lowest BCUT2D eigenvalue weighted by Crippen LogP contribution is -2.34. The molecule has 0 radical (unpaired) electrons. The molecule has 0 saturated carbocycles. The maximum atomic E-state index is 9.97. The Morgan fingerprint density at radius 2 is 2.05 bits per heavy atom. The molecule has 1 aliphatic heterocycles. The Labute approximate surface area is 114 Å². The first-order valence-corrected chi connectivity index (χ1v) is 6.95. The van der Waals surface area contributed by atoms with Crippen LogP contribution < -0.4 is 4.74 Å². The summed E-state index contributed by atoms with van der Waals surface area (Å²) in [5, 5.41) is 19.8. The standard InChI is InChI=1S/C15H23NO3/c1-2-12-8-16(10-15(12)18)9-13(17)11-19-14-6-4-3-5-7-14/h3-7,12-13,15,17-18H,2,8-11H2,1H3/t12-,13-,15-/m1/s1. The van der Waals surface area contributed by atoms with E-state index < -0.39 is 6.10 Å². The van der Waals surface area contributed by atoms with E-state index in [1.807, 2.05) is 30.3 Å². The van der Waals surface area contributed by atoms with Gasteiger partial charge in [0.25, 0.3) is 0 Å². The van der Waals surface area contributed by atoms with Crippen LogP contribution in [0, 0.1) is 5.92 Å². The van der Waals surface area contributed by atoms with Gasteiger partial charge in [-0.1, -0.05) is 25.1 Å². The minimum atomic E-state index is -0.525. The summed E-state index contributed by atoms with van der Waals surface area (Å²) >= 11 is 0. The van der Waals surface area contributed by atoms with Crippen LogP contribution in [0.25, 0.3) is 0 Å². The third-order valence-electron chi connectivity index (χ3n) is 3.66. The molecular weight excluding hydrogens is 242 g/mol. The highest BCUT2D eigenvalue weighted by Gasteiger charge is 2.30. The number of hydrogen-bond acceptors (Lipinski definition) is 4. The van der Waals surface area contributed by atoms with Crippen LogP contribution in [0.4, 0.5) is 0 Å². The maximum Gasteiger partial charge on any atom is 0.119 e. The van der Waals surface area contributed by atoms with Gasteiger partial charge < -0.3 is 14.9 Å². The largest absolute Gasteiger partial charge is 0.491 e. The highest BCUT2D eigenvalue weighted by atomic mass is 16.5. The fourth-order valence-corrected chi connectivity index (χ4v) is 2.55. The predicted octanol–water partition coefficient (Wildman–Crippen LogP) is 1.13. The van der Waals surface area contributed by atoms with Gasteiger partial charge in [0.05, 0.1) is 6.10 Å². The van der Waals surface area contributed by atoms with Crippen LogP contribution in [0.15, 0.2) is 30.3 Å². The Bertz CT molecular complexity index is 371. The smallest absolute Gasteiger partial charge is 0.119 e. The van der Waals surface area contributed by atoms with Crippen LogP contribution in [0.1, 0.15) is 13.3 Å². The monoisotopic (exact) mass is 265 g/mol. The second-order valence-electron chi connectivity index (χ2n) is 5.23. The van der Waals surface area contributed by atoms with Crippen molar-refractivity contribution in [1.82, 2.24) is 4.90 Å². The second-order valence-corrected chi connectivity index (χ2v) is 5.23. The molecule has 3 atom stereocenters. The average molecular weight is 265 g/mol. The van der Waals surface area contributed by atoms with Gasteiger partial charge in [0.1, 0.15) is 18.5 Å². The van der Waals surface area contributed by atoms with Crippen molar-refractivity contribution in [3.8, 4) is 5.75 Å². The summed E-state index contributed by atoms with van der Waals surface area (Å²) in [6.07, 6.45) is 0.198. The summed E-state index contributed by atoms with van der Waals surface area (Å²) in [4.78, 5) is 2.11. The fraction of sp³-hybridized carbons (Fsp3) is 0.600. The Morgan fingerprint density at radius 3 is 2.68 bits per heavy atom. The number of rotatable bonds is 6. The number of nitrogens with zero attached hydrogens (tertiary/aromatic N) is 1. The molecule has 1 aliphatic rings. The molecule has 1 saturated heterocycles. The van der Waals surface area contributed by atoms with Crippen molar-refractivity contribution in [3.05, 3.63) is 30.3 Å². The number of aliphatic hydroxyl groups excluding tert-OH is 2. The van der Waals surface area contributed by atoms with Crippen molar-refractivity contribution in [1.29, 1.82) is 0 Å². The number of para-hydroxylation sites is 1. The van der Waals surface area contributed by atoms with E-state index in [1.54, 1.807) is 0 Å². The van der Waals surface area contributed by atoms with E-state index in [2.05, 4.69) is 11.8 Å². The van der Waals surface area contributed by atoms with Gasteiger partial charge in [-0.05, 0) is 24.5 Å². The summed E-state index contributed by atoms with van der Waals surface area (Å²) < 4.78 is 5.52. The first-order valence-electron chi connectivity index (χ1n) is 6.95. The molecule has 1 heterocycles. The first kappa shape index (κ1) is 14.3. The highest BCUT2D eigenvalue weighted by molar-refractivity contribution is 5.20. The number of likely N-dealkylation sites (tertiary alicyclic amines) is 1. The van der Waals surface area contributed by atoms with E-state index in [1.165, 1.54) is 0 Å². The summed E-state index contributed by atoms with van der Waals surface area (Å²) in [5.74, 6) is 1.11. The van der Waals surface area contributed by atoms with E-state index in [0.717, 1.165) is 18.7 Å². The number of aliphatic hydroxyl groups is 2. The van der Waals surface area contributed by atoms with Crippen LogP contribution in [-0.4, -0.2) is 53.6 Å². The Morgan fingerprint density at radius 1 is 1.32 bits per heavy atom. The molecule has 1 fully saturated rings. The lowest BCUT2D eigenvalue weighted by Gasteiger charge is -2.20. The SMILES string of the molecule is CC[C@@H]1CN(C[C@@H](O)COc2ccccc2)C[C@H]1O. The molecule has 0 bridgehead atoms. The van der Waals surface area contributed by atoms with Crippen molar-refractivity contribution in [2.75, 3.05) is 26.2 Å². The zero-order chi connectivity index (χ0) is 13.7. The number of ether oxygens (including phenoxy) is 1. The summed E-state index contributed by atoms with van der Waals surface area (Å²) in [5.41, 5.74) is 0. The van der Waals surface area contributed by atoms with Gasteiger partial charge in [-0.3, -0.25) is 4.90 Å². The van der Waals surface area contributed by atoms with Gasteiger partial charge in [-0.2, -0.15) is 0 Å². The molecule has 2 rings (SSSR count). The van der Waals surface area contributed by atoms with E-state index in [9.17, 15) is 10.2 Å². The van der Waals surface area contributed by atoms with Crippen molar-refractivity contribution < 1.29 is 14.9 Å². The molecule has 1 aromatic carbocycles.